The van der Waals surface area contributed by atoms with Crippen LogP contribution >= 0.6 is 11.6 Å². The van der Waals surface area contributed by atoms with Crippen LogP contribution in [0.1, 0.15) is 12.7 Å². The molecule has 0 N–H and O–H groups in total. The maximum atomic E-state index is 11.6. The van der Waals surface area contributed by atoms with E-state index in [0.717, 1.165) is 22.6 Å². The SMILES string of the molecule is CCS(=O)CCn1c(CCl)nc2ccc(OC)cc21. The van der Waals surface area contributed by atoms with Gasteiger partial charge in [-0.2, -0.15) is 0 Å². The van der Waals surface area contributed by atoms with E-state index >= 15 is 0 Å². The summed E-state index contributed by atoms with van der Waals surface area (Å²) in [5.74, 6) is 3.22. The molecule has 19 heavy (non-hydrogen) atoms. The van der Waals surface area contributed by atoms with Crippen LogP contribution in [0.25, 0.3) is 11.0 Å². The summed E-state index contributed by atoms with van der Waals surface area (Å²) in [5, 5.41) is 0. The number of imidazole rings is 1. The Morgan fingerprint density at radius 1 is 1.47 bits per heavy atom. The lowest BCUT2D eigenvalue weighted by Gasteiger charge is -2.07. The molecule has 0 amide bonds. The van der Waals surface area contributed by atoms with Crippen molar-refractivity contribution in [2.24, 2.45) is 0 Å². The summed E-state index contributed by atoms with van der Waals surface area (Å²) in [7, 11) is 0.841. The molecule has 0 radical (unpaired) electrons. The van der Waals surface area contributed by atoms with Gasteiger partial charge in [0, 0.05) is 34.9 Å². The lowest BCUT2D eigenvalue weighted by atomic mass is 10.3. The minimum absolute atomic E-state index is 0.343. The van der Waals surface area contributed by atoms with Gasteiger partial charge in [-0.25, -0.2) is 4.98 Å². The highest BCUT2D eigenvalue weighted by Crippen LogP contribution is 2.22. The molecule has 0 saturated heterocycles. The number of fused-ring (bicyclic) bond motifs is 1. The van der Waals surface area contributed by atoms with E-state index in [4.69, 9.17) is 16.3 Å². The van der Waals surface area contributed by atoms with E-state index in [1.54, 1.807) is 7.11 Å². The maximum absolute atomic E-state index is 11.6. The predicted molar refractivity (Wildman–Crippen MR) is 79.4 cm³/mol. The van der Waals surface area contributed by atoms with E-state index in [0.29, 0.717) is 23.9 Å². The summed E-state index contributed by atoms with van der Waals surface area (Å²) in [5.41, 5.74) is 1.86. The topological polar surface area (TPSA) is 44.1 Å². The molecule has 0 spiro atoms. The Labute approximate surface area is 120 Å². The molecule has 0 aliphatic rings. The second-order valence-corrected chi connectivity index (χ2v) is 6.23. The normalized spacial score (nSPS) is 12.8. The predicted octanol–water partition coefficient (Wildman–Crippen LogP) is 2.55. The highest BCUT2D eigenvalue weighted by Gasteiger charge is 2.11. The lowest BCUT2D eigenvalue weighted by molar-refractivity contribution is 0.415. The van der Waals surface area contributed by atoms with Crippen LogP contribution in [0.15, 0.2) is 18.2 Å². The average molecular weight is 301 g/mol. The van der Waals surface area contributed by atoms with E-state index in [1.165, 1.54) is 0 Å². The van der Waals surface area contributed by atoms with Crippen LogP contribution in [0.4, 0.5) is 0 Å². The van der Waals surface area contributed by atoms with E-state index in [1.807, 2.05) is 29.7 Å². The van der Waals surface area contributed by atoms with Gasteiger partial charge in [0.25, 0.3) is 0 Å². The number of alkyl halides is 1. The van der Waals surface area contributed by atoms with Gasteiger partial charge < -0.3 is 9.30 Å². The summed E-state index contributed by atoms with van der Waals surface area (Å²) in [6, 6.07) is 5.73. The number of aromatic nitrogens is 2. The lowest BCUT2D eigenvalue weighted by Crippen LogP contribution is -2.11. The van der Waals surface area contributed by atoms with Crippen molar-refractivity contribution in [3.8, 4) is 5.75 Å². The third kappa shape index (κ3) is 3.09. The van der Waals surface area contributed by atoms with Crippen LogP contribution in [0, 0.1) is 0 Å². The molecular weight excluding hydrogens is 284 g/mol. The Bertz CT molecular complexity index is 598. The Morgan fingerprint density at radius 3 is 2.89 bits per heavy atom. The zero-order valence-corrected chi connectivity index (χ0v) is 12.6. The Hall–Kier alpha value is -1.07. The Kier molecular flexibility index (Phi) is 4.82. The molecule has 1 aromatic carbocycles. The quantitative estimate of drug-likeness (QED) is 0.770. The van der Waals surface area contributed by atoms with Crippen molar-refractivity contribution >= 4 is 33.4 Å². The molecule has 2 rings (SSSR count). The fourth-order valence-corrected chi connectivity index (χ4v) is 2.85. The maximum Gasteiger partial charge on any atom is 0.124 e. The van der Waals surface area contributed by atoms with Crippen LogP contribution in [0.2, 0.25) is 0 Å². The van der Waals surface area contributed by atoms with Crippen molar-refractivity contribution in [3.63, 3.8) is 0 Å². The molecule has 4 nitrogen and oxygen atoms in total. The minimum atomic E-state index is -0.795. The van der Waals surface area contributed by atoms with E-state index < -0.39 is 10.8 Å². The second kappa shape index (κ2) is 6.39. The molecule has 104 valence electrons. The average Bonchev–Trinajstić information content (AvgIpc) is 2.81. The molecule has 6 heteroatoms. The molecule has 2 aromatic rings. The summed E-state index contributed by atoms with van der Waals surface area (Å²) in [6.07, 6.45) is 0. The summed E-state index contributed by atoms with van der Waals surface area (Å²) >= 11 is 5.94. The fourth-order valence-electron chi connectivity index (χ4n) is 1.97. The highest BCUT2D eigenvalue weighted by atomic mass is 35.5. The first-order valence-corrected chi connectivity index (χ1v) is 8.16. The number of rotatable bonds is 6. The van der Waals surface area contributed by atoms with E-state index in [-0.39, 0.29) is 0 Å². The van der Waals surface area contributed by atoms with Crippen molar-refractivity contribution in [2.75, 3.05) is 18.6 Å². The summed E-state index contributed by atoms with van der Waals surface area (Å²) in [4.78, 5) is 4.49. The Morgan fingerprint density at radius 2 is 2.26 bits per heavy atom. The van der Waals surface area contributed by atoms with Crippen LogP contribution < -0.4 is 4.74 Å². The second-order valence-electron chi connectivity index (χ2n) is 4.10. The van der Waals surface area contributed by atoms with E-state index in [9.17, 15) is 4.21 Å². The van der Waals surface area contributed by atoms with Crippen molar-refractivity contribution in [2.45, 2.75) is 19.3 Å². The number of hydrogen-bond donors (Lipinski definition) is 0. The molecule has 0 aliphatic carbocycles. The first kappa shape index (κ1) is 14.3. The van der Waals surface area contributed by atoms with Gasteiger partial charge in [-0.1, -0.05) is 6.92 Å². The number of aryl methyl sites for hydroxylation is 1. The van der Waals surface area contributed by atoms with Gasteiger partial charge in [0.15, 0.2) is 0 Å². The standard InChI is InChI=1S/C13H17ClN2O2S/c1-3-19(17)7-6-16-12-8-10(18-2)4-5-11(12)15-13(16)9-14/h4-5,8H,3,6-7,9H2,1-2H3. The molecule has 0 saturated carbocycles. The van der Waals surface area contributed by atoms with Crippen LogP contribution in [-0.2, 0) is 23.2 Å². The molecule has 1 aromatic heterocycles. The zero-order chi connectivity index (χ0) is 13.8. The number of ether oxygens (including phenoxy) is 1. The van der Waals surface area contributed by atoms with Gasteiger partial charge in [-0.3, -0.25) is 4.21 Å². The highest BCUT2D eigenvalue weighted by molar-refractivity contribution is 7.84. The van der Waals surface area contributed by atoms with Gasteiger partial charge in [-0.05, 0) is 12.1 Å². The monoisotopic (exact) mass is 300 g/mol. The number of halogens is 1. The molecule has 0 fully saturated rings. The van der Waals surface area contributed by atoms with Gasteiger partial charge in [0.2, 0.25) is 0 Å². The minimum Gasteiger partial charge on any atom is -0.497 e. The number of hydrogen-bond acceptors (Lipinski definition) is 3. The zero-order valence-electron chi connectivity index (χ0n) is 11.1. The van der Waals surface area contributed by atoms with Crippen molar-refractivity contribution < 1.29 is 8.95 Å². The van der Waals surface area contributed by atoms with Gasteiger partial charge in [0.1, 0.15) is 11.6 Å². The smallest absolute Gasteiger partial charge is 0.124 e. The Balaban J connectivity index is 2.40. The third-order valence-electron chi connectivity index (χ3n) is 3.02. The van der Waals surface area contributed by atoms with Crippen LogP contribution in [0.3, 0.4) is 0 Å². The van der Waals surface area contributed by atoms with Gasteiger partial charge in [-0.15, -0.1) is 11.6 Å². The number of nitrogens with zero attached hydrogens (tertiary/aromatic N) is 2. The molecule has 1 atom stereocenters. The summed E-state index contributed by atoms with van der Waals surface area (Å²) in [6.45, 7) is 2.58. The first-order valence-electron chi connectivity index (χ1n) is 6.13. The molecular formula is C13H17ClN2O2S. The molecule has 1 unspecified atom stereocenters. The number of methoxy groups -OCH3 is 1. The van der Waals surface area contributed by atoms with Gasteiger partial charge in [0.05, 0.1) is 24.0 Å². The van der Waals surface area contributed by atoms with Crippen molar-refractivity contribution in [3.05, 3.63) is 24.0 Å². The van der Waals surface area contributed by atoms with Crippen LogP contribution in [0.5, 0.6) is 5.75 Å². The van der Waals surface area contributed by atoms with Gasteiger partial charge >= 0.3 is 0 Å². The van der Waals surface area contributed by atoms with E-state index in [2.05, 4.69) is 4.98 Å². The largest absolute Gasteiger partial charge is 0.497 e. The van der Waals surface area contributed by atoms with Crippen molar-refractivity contribution in [1.82, 2.24) is 9.55 Å². The molecule has 0 bridgehead atoms. The molecule has 1 heterocycles. The first-order chi connectivity index (χ1) is 9.19. The number of benzene rings is 1. The molecule has 0 aliphatic heterocycles. The van der Waals surface area contributed by atoms with Crippen molar-refractivity contribution in [1.29, 1.82) is 0 Å². The summed E-state index contributed by atoms with van der Waals surface area (Å²) < 4.78 is 18.8. The fraction of sp³-hybridized carbons (Fsp3) is 0.462. The third-order valence-corrected chi connectivity index (χ3v) is 4.54. The van der Waals surface area contributed by atoms with Crippen LogP contribution in [-0.4, -0.2) is 32.4 Å².